The normalized spacial score (nSPS) is 16.8. The van der Waals surface area contributed by atoms with Gasteiger partial charge in [-0.3, -0.25) is 14.4 Å². The van der Waals surface area contributed by atoms with Crippen molar-refractivity contribution in [3.63, 3.8) is 0 Å². The molecule has 0 saturated carbocycles. The largest absolute Gasteiger partial charge is 0.455 e. The van der Waals surface area contributed by atoms with Gasteiger partial charge in [-0.15, -0.1) is 0 Å². The molecule has 2 aromatic carbocycles. The van der Waals surface area contributed by atoms with Gasteiger partial charge in [-0.05, 0) is 48.1 Å². The van der Waals surface area contributed by atoms with Crippen LogP contribution in [0.4, 0.5) is 11.4 Å². The smallest absolute Gasteiger partial charge is 0.311 e. The second kappa shape index (κ2) is 10.2. The van der Waals surface area contributed by atoms with Crippen LogP contribution in [0.25, 0.3) is 0 Å². The van der Waals surface area contributed by atoms with Crippen LogP contribution in [0.15, 0.2) is 48.5 Å². The number of amides is 2. The third-order valence-electron chi connectivity index (χ3n) is 5.82. The van der Waals surface area contributed by atoms with E-state index in [0.29, 0.717) is 11.6 Å². The van der Waals surface area contributed by atoms with Crippen molar-refractivity contribution < 1.29 is 19.1 Å². The standard InChI is InChI=1S/C25H30N2O4/c1-4-17(3)21-8-6-7-9-22(21)27-15-19(14-24(27)29)25(30)31-16-23(28)26-20-12-10-18(5-2)11-13-20/h6-13,17,19H,4-5,14-16H2,1-3H3,(H,26,28)/t17-,19-/m0/s1. The number of esters is 1. The summed E-state index contributed by atoms with van der Waals surface area (Å²) in [6.07, 6.45) is 1.97. The number of anilines is 2. The Morgan fingerprint density at radius 2 is 1.84 bits per heavy atom. The predicted octanol–water partition coefficient (Wildman–Crippen LogP) is 4.30. The molecule has 0 spiro atoms. The van der Waals surface area contributed by atoms with E-state index in [2.05, 4.69) is 26.1 Å². The fourth-order valence-electron chi connectivity index (χ4n) is 3.74. The van der Waals surface area contributed by atoms with Crippen molar-refractivity contribution in [1.82, 2.24) is 0 Å². The van der Waals surface area contributed by atoms with Crippen molar-refractivity contribution in [2.45, 2.75) is 46.0 Å². The van der Waals surface area contributed by atoms with Crippen LogP contribution < -0.4 is 10.2 Å². The highest BCUT2D eigenvalue weighted by molar-refractivity contribution is 6.00. The van der Waals surface area contributed by atoms with E-state index in [9.17, 15) is 14.4 Å². The highest BCUT2D eigenvalue weighted by Crippen LogP contribution is 2.33. The van der Waals surface area contributed by atoms with E-state index in [4.69, 9.17) is 4.74 Å². The maximum Gasteiger partial charge on any atom is 0.311 e. The molecule has 1 aliphatic heterocycles. The van der Waals surface area contributed by atoms with E-state index < -0.39 is 17.8 Å². The van der Waals surface area contributed by atoms with Crippen LogP contribution in [-0.4, -0.2) is 30.9 Å². The molecule has 1 aliphatic rings. The molecule has 3 rings (SSSR count). The first-order chi connectivity index (χ1) is 14.9. The Labute approximate surface area is 183 Å². The predicted molar refractivity (Wildman–Crippen MR) is 121 cm³/mol. The zero-order chi connectivity index (χ0) is 22.4. The number of carbonyl (C=O) groups is 3. The summed E-state index contributed by atoms with van der Waals surface area (Å²) in [5.74, 6) is -1.29. The summed E-state index contributed by atoms with van der Waals surface area (Å²) in [5.41, 5.74) is 3.78. The van der Waals surface area contributed by atoms with Gasteiger partial charge in [0.25, 0.3) is 5.91 Å². The van der Waals surface area contributed by atoms with Crippen LogP contribution in [0.3, 0.4) is 0 Å². The quantitative estimate of drug-likeness (QED) is 0.644. The Hall–Kier alpha value is -3.15. The minimum atomic E-state index is -0.575. The number of nitrogens with one attached hydrogen (secondary N) is 1. The zero-order valence-electron chi connectivity index (χ0n) is 18.4. The molecule has 0 aliphatic carbocycles. The molecule has 2 atom stereocenters. The maximum absolute atomic E-state index is 12.6. The lowest BCUT2D eigenvalue weighted by molar-refractivity contribution is -0.151. The van der Waals surface area contributed by atoms with E-state index in [1.54, 1.807) is 4.90 Å². The van der Waals surface area contributed by atoms with E-state index in [-0.39, 0.29) is 25.5 Å². The molecule has 6 heteroatoms. The lowest BCUT2D eigenvalue weighted by Gasteiger charge is -2.23. The van der Waals surface area contributed by atoms with Crippen molar-refractivity contribution in [3.05, 3.63) is 59.7 Å². The Morgan fingerprint density at radius 3 is 2.52 bits per heavy atom. The molecular formula is C25H30N2O4. The number of rotatable bonds is 8. The van der Waals surface area contributed by atoms with Crippen molar-refractivity contribution >= 4 is 29.2 Å². The van der Waals surface area contributed by atoms with Gasteiger partial charge >= 0.3 is 5.97 Å². The van der Waals surface area contributed by atoms with Gasteiger partial charge in [0.1, 0.15) is 0 Å². The summed E-state index contributed by atoms with van der Waals surface area (Å²) in [6.45, 7) is 6.19. The molecular weight excluding hydrogens is 392 g/mol. The van der Waals surface area contributed by atoms with E-state index in [1.165, 1.54) is 5.56 Å². The molecule has 2 aromatic rings. The molecule has 164 valence electrons. The summed E-state index contributed by atoms with van der Waals surface area (Å²) in [6, 6.07) is 15.3. The molecule has 31 heavy (non-hydrogen) atoms. The number of carbonyl (C=O) groups excluding carboxylic acids is 3. The summed E-state index contributed by atoms with van der Waals surface area (Å²) in [4.78, 5) is 38.9. The Balaban J connectivity index is 1.56. The highest BCUT2D eigenvalue weighted by atomic mass is 16.5. The molecule has 2 amide bonds. The van der Waals surface area contributed by atoms with E-state index in [1.807, 2.05) is 48.5 Å². The lowest BCUT2D eigenvalue weighted by Crippen LogP contribution is -2.29. The average molecular weight is 423 g/mol. The molecule has 1 N–H and O–H groups in total. The van der Waals surface area contributed by atoms with Gasteiger partial charge in [-0.2, -0.15) is 0 Å². The highest BCUT2D eigenvalue weighted by Gasteiger charge is 2.37. The number of aryl methyl sites for hydroxylation is 1. The molecule has 0 aromatic heterocycles. The Kier molecular flexibility index (Phi) is 7.45. The topological polar surface area (TPSA) is 75.7 Å². The van der Waals surface area contributed by atoms with Gasteiger partial charge in [0.15, 0.2) is 6.61 Å². The Morgan fingerprint density at radius 1 is 1.13 bits per heavy atom. The third-order valence-corrected chi connectivity index (χ3v) is 5.82. The molecule has 1 heterocycles. The number of benzene rings is 2. The van der Waals surface area contributed by atoms with Gasteiger partial charge in [0, 0.05) is 24.3 Å². The maximum atomic E-state index is 12.6. The SMILES string of the molecule is CCc1ccc(NC(=O)COC(=O)[C@H]2CC(=O)N(c3ccccc3[C@@H](C)CC)C2)cc1. The first kappa shape index (κ1) is 22.5. The molecule has 1 fully saturated rings. The van der Waals surface area contributed by atoms with Gasteiger partial charge in [0.05, 0.1) is 5.92 Å². The van der Waals surface area contributed by atoms with E-state index >= 15 is 0 Å². The third kappa shape index (κ3) is 5.51. The number of ether oxygens (including phenoxy) is 1. The number of para-hydroxylation sites is 1. The molecule has 1 saturated heterocycles. The van der Waals surface area contributed by atoms with Crippen LogP contribution in [0.1, 0.15) is 50.7 Å². The minimum Gasteiger partial charge on any atom is -0.455 e. The molecule has 0 bridgehead atoms. The monoisotopic (exact) mass is 422 g/mol. The minimum absolute atomic E-state index is 0.0910. The van der Waals surface area contributed by atoms with Crippen LogP contribution in [-0.2, 0) is 25.5 Å². The first-order valence-electron chi connectivity index (χ1n) is 10.9. The number of hydrogen-bond donors (Lipinski definition) is 1. The summed E-state index contributed by atoms with van der Waals surface area (Å²) >= 11 is 0. The number of hydrogen-bond acceptors (Lipinski definition) is 4. The summed E-state index contributed by atoms with van der Waals surface area (Å²) in [5, 5.41) is 2.72. The second-order valence-corrected chi connectivity index (χ2v) is 7.98. The van der Waals surface area contributed by atoms with Crippen molar-refractivity contribution in [3.8, 4) is 0 Å². The zero-order valence-corrected chi connectivity index (χ0v) is 18.4. The van der Waals surface area contributed by atoms with Gasteiger partial charge in [0.2, 0.25) is 5.91 Å². The fraction of sp³-hybridized carbons (Fsp3) is 0.400. The lowest BCUT2D eigenvalue weighted by atomic mass is 9.96. The second-order valence-electron chi connectivity index (χ2n) is 7.98. The van der Waals surface area contributed by atoms with E-state index in [0.717, 1.165) is 24.1 Å². The molecule has 6 nitrogen and oxygen atoms in total. The molecule has 0 unspecified atom stereocenters. The first-order valence-corrected chi connectivity index (χ1v) is 10.9. The van der Waals surface area contributed by atoms with Gasteiger partial charge in [-0.1, -0.05) is 51.1 Å². The van der Waals surface area contributed by atoms with Crippen LogP contribution in [0.5, 0.6) is 0 Å². The number of nitrogens with zero attached hydrogens (tertiary/aromatic N) is 1. The Bertz CT molecular complexity index is 939. The van der Waals surface area contributed by atoms with Gasteiger partial charge in [-0.25, -0.2) is 0 Å². The molecule has 0 radical (unpaired) electrons. The summed E-state index contributed by atoms with van der Waals surface area (Å²) in [7, 11) is 0. The van der Waals surface area contributed by atoms with Crippen LogP contribution in [0, 0.1) is 5.92 Å². The van der Waals surface area contributed by atoms with Crippen molar-refractivity contribution in [1.29, 1.82) is 0 Å². The average Bonchev–Trinajstić information content (AvgIpc) is 3.19. The fourth-order valence-corrected chi connectivity index (χ4v) is 3.74. The van der Waals surface area contributed by atoms with Crippen LogP contribution >= 0.6 is 0 Å². The van der Waals surface area contributed by atoms with Gasteiger partial charge < -0.3 is 15.0 Å². The van der Waals surface area contributed by atoms with Crippen molar-refractivity contribution in [2.24, 2.45) is 5.92 Å². The summed E-state index contributed by atoms with van der Waals surface area (Å²) < 4.78 is 5.21. The van der Waals surface area contributed by atoms with Crippen molar-refractivity contribution in [2.75, 3.05) is 23.4 Å². The van der Waals surface area contributed by atoms with Crippen LogP contribution in [0.2, 0.25) is 0 Å².